The van der Waals surface area contributed by atoms with E-state index in [1.54, 1.807) is 6.07 Å². The van der Waals surface area contributed by atoms with Gasteiger partial charge in [-0.25, -0.2) is 9.29 Å². The van der Waals surface area contributed by atoms with Crippen LogP contribution < -0.4 is 10.6 Å². The zero-order valence-electron chi connectivity index (χ0n) is 10.5. The number of hydrogen-bond acceptors (Lipinski definition) is 4. The van der Waals surface area contributed by atoms with Crippen LogP contribution in [0.2, 0.25) is 0 Å². The smallest absolute Gasteiger partial charge is 0.284 e. The maximum absolute atomic E-state index is 14.2. The normalized spacial score (nSPS) is 13.5. The van der Waals surface area contributed by atoms with Crippen LogP contribution in [0.15, 0.2) is 36.5 Å². The molecule has 21 heavy (non-hydrogen) atoms. The van der Waals surface area contributed by atoms with Crippen molar-refractivity contribution in [1.29, 1.82) is 0 Å². The van der Waals surface area contributed by atoms with Crippen molar-refractivity contribution in [1.82, 2.24) is 4.98 Å². The molecule has 3 rings (SSSR count). The van der Waals surface area contributed by atoms with Crippen molar-refractivity contribution in [3.05, 3.63) is 59.2 Å². The zero-order chi connectivity index (χ0) is 15.1. The van der Waals surface area contributed by atoms with Crippen LogP contribution in [0.3, 0.4) is 0 Å². The van der Waals surface area contributed by atoms with Gasteiger partial charge in [-0.2, -0.15) is 0 Å². The van der Waals surface area contributed by atoms with Gasteiger partial charge in [0.05, 0.1) is 11.3 Å². The van der Waals surface area contributed by atoms with Crippen molar-refractivity contribution in [3.8, 4) is 0 Å². The largest absolute Gasteiger partial charge is 0.389 e. The molecule has 2 amide bonds. The molecule has 0 spiro atoms. The molecule has 7 heteroatoms. The molecule has 0 saturated heterocycles. The van der Waals surface area contributed by atoms with E-state index >= 15 is 0 Å². The fourth-order valence-corrected chi connectivity index (χ4v) is 2.25. The van der Waals surface area contributed by atoms with Crippen LogP contribution in [-0.2, 0) is 0 Å². The van der Waals surface area contributed by atoms with Crippen LogP contribution in [0, 0.1) is 5.82 Å². The summed E-state index contributed by atoms with van der Waals surface area (Å²) >= 11 is 4.76. The van der Waals surface area contributed by atoms with Gasteiger partial charge in [0, 0.05) is 11.8 Å². The number of nitrogens with zero attached hydrogens (tertiary/aromatic N) is 2. The Morgan fingerprint density at radius 1 is 1.24 bits per heavy atom. The predicted molar refractivity (Wildman–Crippen MR) is 77.7 cm³/mol. The van der Waals surface area contributed by atoms with Gasteiger partial charge in [0.25, 0.3) is 11.8 Å². The molecular formula is C14H8FN3O2S. The molecule has 1 aromatic carbocycles. The molecule has 0 unspecified atom stereocenters. The van der Waals surface area contributed by atoms with E-state index in [1.807, 2.05) is 0 Å². The monoisotopic (exact) mass is 301 g/mol. The number of fused-ring (bicyclic) bond motifs is 1. The van der Waals surface area contributed by atoms with E-state index in [0.29, 0.717) is 5.56 Å². The first-order valence-electron chi connectivity index (χ1n) is 5.94. The van der Waals surface area contributed by atoms with Crippen LogP contribution in [-0.4, -0.2) is 21.8 Å². The summed E-state index contributed by atoms with van der Waals surface area (Å²) in [5.41, 5.74) is 5.75. The third-order valence-corrected chi connectivity index (χ3v) is 3.36. The van der Waals surface area contributed by atoms with Crippen molar-refractivity contribution < 1.29 is 14.0 Å². The van der Waals surface area contributed by atoms with Gasteiger partial charge in [-0.05, 0) is 30.3 Å². The van der Waals surface area contributed by atoms with Crippen molar-refractivity contribution in [2.75, 3.05) is 4.90 Å². The van der Waals surface area contributed by atoms with Crippen molar-refractivity contribution in [2.24, 2.45) is 5.73 Å². The Morgan fingerprint density at radius 3 is 2.62 bits per heavy atom. The molecule has 104 valence electrons. The molecular weight excluding hydrogens is 293 g/mol. The third kappa shape index (κ3) is 1.98. The van der Waals surface area contributed by atoms with Gasteiger partial charge >= 0.3 is 0 Å². The highest BCUT2D eigenvalue weighted by Crippen LogP contribution is 2.29. The van der Waals surface area contributed by atoms with E-state index in [9.17, 15) is 14.0 Å². The number of amides is 2. The fraction of sp³-hybridized carbons (Fsp3) is 0. The van der Waals surface area contributed by atoms with Crippen molar-refractivity contribution in [2.45, 2.75) is 0 Å². The second-order valence-electron chi connectivity index (χ2n) is 4.38. The van der Waals surface area contributed by atoms with Crippen molar-refractivity contribution in [3.63, 3.8) is 0 Å². The van der Waals surface area contributed by atoms with E-state index in [4.69, 9.17) is 18.0 Å². The number of carbonyl (C=O) groups excluding carboxylic acids is 2. The first kappa shape index (κ1) is 13.3. The van der Waals surface area contributed by atoms with Crippen LogP contribution in [0.5, 0.6) is 0 Å². The average Bonchev–Trinajstić information content (AvgIpc) is 2.72. The second-order valence-corrected chi connectivity index (χ2v) is 4.82. The lowest BCUT2D eigenvalue weighted by atomic mass is 10.2. The summed E-state index contributed by atoms with van der Waals surface area (Å²) in [4.78, 5) is 29.1. The average molecular weight is 301 g/mol. The SMILES string of the molecule is NC(=S)c1ccc(N2C(=O)c3cccnc3C2=O)c(F)c1. The summed E-state index contributed by atoms with van der Waals surface area (Å²) in [7, 11) is 0. The van der Waals surface area contributed by atoms with E-state index in [0.717, 1.165) is 11.0 Å². The molecule has 0 radical (unpaired) electrons. The molecule has 0 saturated carbocycles. The lowest BCUT2D eigenvalue weighted by molar-refractivity contribution is 0.0923. The van der Waals surface area contributed by atoms with Gasteiger partial charge in [-0.3, -0.25) is 14.6 Å². The van der Waals surface area contributed by atoms with Gasteiger partial charge in [0.2, 0.25) is 0 Å². The van der Waals surface area contributed by atoms with E-state index < -0.39 is 17.6 Å². The lowest BCUT2D eigenvalue weighted by Crippen LogP contribution is -2.30. The summed E-state index contributed by atoms with van der Waals surface area (Å²) in [5.74, 6) is -2.02. The number of pyridine rings is 1. The Bertz CT molecular complexity index is 772. The number of nitrogens with two attached hydrogens (primary N) is 1. The third-order valence-electron chi connectivity index (χ3n) is 3.12. The van der Waals surface area contributed by atoms with Gasteiger partial charge in [-0.1, -0.05) is 12.2 Å². The maximum atomic E-state index is 14.2. The molecule has 1 aliphatic rings. The maximum Gasteiger partial charge on any atom is 0.284 e. The minimum absolute atomic E-state index is 0.0142. The number of anilines is 1. The second kappa shape index (κ2) is 4.71. The first-order chi connectivity index (χ1) is 10.0. The van der Waals surface area contributed by atoms with Crippen LogP contribution >= 0.6 is 12.2 Å². The Labute approximate surface area is 124 Å². The summed E-state index contributed by atoms with van der Waals surface area (Å²) in [6, 6.07) is 6.86. The number of thiocarbonyl (C=S) groups is 1. The standard InChI is InChI=1S/C14H8FN3O2S/c15-9-6-7(12(16)21)3-4-10(9)18-13(19)8-2-1-5-17-11(8)14(18)20/h1-6H,(H2,16,21). The summed E-state index contributed by atoms with van der Waals surface area (Å²) < 4.78 is 14.2. The number of imide groups is 1. The lowest BCUT2D eigenvalue weighted by Gasteiger charge is -2.15. The fourth-order valence-electron chi connectivity index (χ4n) is 2.13. The molecule has 0 bridgehead atoms. The highest BCUT2D eigenvalue weighted by Gasteiger charge is 2.38. The number of hydrogen-bond donors (Lipinski definition) is 1. The topological polar surface area (TPSA) is 76.3 Å². The predicted octanol–water partition coefficient (Wildman–Crippen LogP) is 1.66. The van der Waals surface area contributed by atoms with E-state index in [2.05, 4.69) is 4.98 Å². The molecule has 2 N–H and O–H groups in total. The quantitative estimate of drug-likeness (QED) is 0.674. The first-order valence-corrected chi connectivity index (χ1v) is 6.34. The minimum atomic E-state index is -0.755. The molecule has 2 aromatic rings. The molecule has 1 aliphatic heterocycles. The highest BCUT2D eigenvalue weighted by molar-refractivity contribution is 7.80. The molecule has 0 aliphatic carbocycles. The summed E-state index contributed by atoms with van der Waals surface area (Å²) in [6.45, 7) is 0. The molecule has 1 aromatic heterocycles. The molecule has 0 atom stereocenters. The van der Waals surface area contributed by atoms with Crippen LogP contribution in [0.4, 0.5) is 10.1 Å². The summed E-state index contributed by atoms with van der Waals surface area (Å²) in [6.07, 6.45) is 1.40. The minimum Gasteiger partial charge on any atom is -0.389 e. The van der Waals surface area contributed by atoms with Gasteiger partial charge < -0.3 is 5.73 Å². The van der Waals surface area contributed by atoms with E-state index in [-0.39, 0.29) is 21.9 Å². The Hall–Kier alpha value is -2.67. The Balaban J connectivity index is 2.09. The van der Waals surface area contributed by atoms with Gasteiger partial charge in [-0.15, -0.1) is 0 Å². The summed E-state index contributed by atoms with van der Waals surface area (Å²) in [5, 5.41) is 0. The zero-order valence-corrected chi connectivity index (χ0v) is 11.4. The molecule has 5 nitrogen and oxygen atoms in total. The van der Waals surface area contributed by atoms with E-state index in [1.165, 1.54) is 24.4 Å². The Kier molecular flexibility index (Phi) is 2.99. The molecule has 0 fully saturated rings. The van der Waals surface area contributed by atoms with Gasteiger partial charge in [0.1, 0.15) is 16.5 Å². The number of aromatic nitrogens is 1. The van der Waals surface area contributed by atoms with Crippen LogP contribution in [0.25, 0.3) is 0 Å². The highest BCUT2D eigenvalue weighted by atomic mass is 32.1. The van der Waals surface area contributed by atoms with Crippen LogP contribution in [0.1, 0.15) is 26.4 Å². The number of benzene rings is 1. The number of rotatable bonds is 2. The Morgan fingerprint density at radius 2 is 2.00 bits per heavy atom. The molecule has 2 heterocycles. The van der Waals surface area contributed by atoms with Gasteiger partial charge in [0.15, 0.2) is 0 Å². The van der Waals surface area contributed by atoms with Crippen molar-refractivity contribution >= 4 is 34.7 Å². The number of halogens is 1. The number of carbonyl (C=O) groups is 2.